The van der Waals surface area contributed by atoms with Crippen LogP contribution in [0, 0.1) is 0 Å². The Morgan fingerprint density at radius 2 is 1.71 bits per heavy atom. The number of nitrogens with zero attached hydrogens (tertiary/aromatic N) is 1. The van der Waals surface area contributed by atoms with Crippen LogP contribution in [0.15, 0.2) is 52.9 Å². The number of hydrogen-bond donors (Lipinski definition) is 0. The molecule has 106 valence electrons. The highest BCUT2D eigenvalue weighted by molar-refractivity contribution is 6.31. The summed E-state index contributed by atoms with van der Waals surface area (Å²) in [5, 5.41) is 1.74. The molecule has 21 heavy (non-hydrogen) atoms. The van der Waals surface area contributed by atoms with Crippen molar-refractivity contribution in [3.63, 3.8) is 0 Å². The molecule has 0 spiro atoms. The fourth-order valence-corrected chi connectivity index (χ4v) is 2.36. The third kappa shape index (κ3) is 3.11. The van der Waals surface area contributed by atoms with Crippen molar-refractivity contribution in [1.29, 1.82) is 0 Å². The van der Waals surface area contributed by atoms with Gasteiger partial charge in [0.2, 0.25) is 0 Å². The molecule has 2 aromatic carbocycles. The zero-order chi connectivity index (χ0) is 14.8. The van der Waals surface area contributed by atoms with Gasteiger partial charge in [-0.3, -0.25) is 0 Å². The van der Waals surface area contributed by atoms with E-state index in [0.717, 1.165) is 27.3 Å². The van der Waals surface area contributed by atoms with Crippen LogP contribution < -0.4 is 4.90 Å². The van der Waals surface area contributed by atoms with Gasteiger partial charge in [-0.2, -0.15) is 0 Å². The first-order valence-corrected chi connectivity index (χ1v) is 7.14. The van der Waals surface area contributed by atoms with Gasteiger partial charge >= 0.3 is 0 Å². The van der Waals surface area contributed by atoms with Crippen molar-refractivity contribution in [2.75, 3.05) is 19.0 Å². The maximum atomic E-state index is 5.98. The number of fused-ring (bicyclic) bond motifs is 1. The second-order valence-electron chi connectivity index (χ2n) is 5.15. The maximum Gasteiger partial charge on any atom is 0.134 e. The van der Waals surface area contributed by atoms with Gasteiger partial charge in [0.25, 0.3) is 0 Å². The summed E-state index contributed by atoms with van der Waals surface area (Å²) in [7, 11) is 4.06. The monoisotopic (exact) mass is 297 g/mol. The Balaban J connectivity index is 1.83. The fourth-order valence-electron chi connectivity index (χ4n) is 2.18. The summed E-state index contributed by atoms with van der Waals surface area (Å²) in [6.45, 7) is 0. The van der Waals surface area contributed by atoms with Crippen LogP contribution in [0.25, 0.3) is 23.1 Å². The number of halogens is 1. The number of benzene rings is 2. The molecule has 1 aromatic heterocycles. The second kappa shape index (κ2) is 5.66. The third-order valence-corrected chi connectivity index (χ3v) is 3.58. The van der Waals surface area contributed by atoms with E-state index >= 15 is 0 Å². The van der Waals surface area contributed by atoms with E-state index in [1.165, 1.54) is 5.69 Å². The lowest BCUT2D eigenvalue weighted by Crippen LogP contribution is -2.07. The Hall–Kier alpha value is -2.19. The lowest BCUT2D eigenvalue weighted by molar-refractivity contribution is 0.604. The van der Waals surface area contributed by atoms with Gasteiger partial charge in [0.15, 0.2) is 0 Å². The first kappa shape index (κ1) is 13.8. The van der Waals surface area contributed by atoms with Gasteiger partial charge in [-0.25, -0.2) is 0 Å². The largest absolute Gasteiger partial charge is 0.457 e. The smallest absolute Gasteiger partial charge is 0.134 e. The highest BCUT2D eigenvalue weighted by Crippen LogP contribution is 2.24. The Morgan fingerprint density at radius 1 is 0.952 bits per heavy atom. The Morgan fingerprint density at radius 3 is 2.43 bits per heavy atom. The Bertz CT molecular complexity index is 785. The molecule has 0 fully saturated rings. The minimum absolute atomic E-state index is 0.720. The SMILES string of the molecule is CN(C)c1ccc(C=Cc2cc3cc(Cl)ccc3o2)cc1. The molecule has 2 nitrogen and oxygen atoms in total. The molecular weight excluding hydrogens is 282 g/mol. The van der Waals surface area contributed by atoms with Crippen LogP contribution in [0.3, 0.4) is 0 Å². The molecule has 0 unspecified atom stereocenters. The molecule has 0 aliphatic carbocycles. The van der Waals surface area contributed by atoms with E-state index in [1.54, 1.807) is 0 Å². The first-order valence-electron chi connectivity index (χ1n) is 6.76. The summed E-state index contributed by atoms with van der Waals surface area (Å²) in [5.74, 6) is 0.823. The van der Waals surface area contributed by atoms with Crippen LogP contribution in [0.1, 0.15) is 11.3 Å². The van der Waals surface area contributed by atoms with Crippen LogP contribution in [0.5, 0.6) is 0 Å². The van der Waals surface area contributed by atoms with Crippen molar-refractivity contribution >= 4 is 40.4 Å². The van der Waals surface area contributed by atoms with Gasteiger partial charge < -0.3 is 9.32 Å². The van der Waals surface area contributed by atoms with E-state index in [2.05, 4.69) is 29.2 Å². The zero-order valence-corrected chi connectivity index (χ0v) is 12.8. The van der Waals surface area contributed by atoms with Gasteiger partial charge in [0, 0.05) is 30.2 Å². The Kier molecular flexibility index (Phi) is 3.72. The van der Waals surface area contributed by atoms with Crippen molar-refractivity contribution in [2.45, 2.75) is 0 Å². The number of furan rings is 1. The van der Waals surface area contributed by atoms with Crippen molar-refractivity contribution in [3.05, 3.63) is 64.9 Å². The minimum atomic E-state index is 0.720. The molecule has 0 aliphatic heterocycles. The summed E-state index contributed by atoms with van der Waals surface area (Å²) in [5.41, 5.74) is 3.17. The molecule has 0 aliphatic rings. The summed E-state index contributed by atoms with van der Waals surface area (Å²) in [6, 6.07) is 16.0. The average Bonchev–Trinajstić information content (AvgIpc) is 2.87. The van der Waals surface area contributed by atoms with Crippen LogP contribution in [0.2, 0.25) is 5.02 Å². The second-order valence-corrected chi connectivity index (χ2v) is 5.59. The predicted octanol–water partition coefficient (Wildman–Crippen LogP) is 5.32. The van der Waals surface area contributed by atoms with Gasteiger partial charge in [-0.05, 0) is 48.0 Å². The lowest BCUT2D eigenvalue weighted by Gasteiger charge is -2.11. The highest BCUT2D eigenvalue weighted by Gasteiger charge is 2.01. The van der Waals surface area contributed by atoms with Crippen molar-refractivity contribution in [1.82, 2.24) is 0 Å². The molecule has 3 aromatic rings. The molecule has 0 saturated carbocycles. The van der Waals surface area contributed by atoms with Crippen LogP contribution >= 0.6 is 11.6 Å². The number of hydrogen-bond acceptors (Lipinski definition) is 2. The fraction of sp³-hybridized carbons (Fsp3) is 0.111. The maximum absolute atomic E-state index is 5.98. The van der Waals surface area contributed by atoms with E-state index < -0.39 is 0 Å². The van der Waals surface area contributed by atoms with Gasteiger partial charge in [0.05, 0.1) is 0 Å². The number of rotatable bonds is 3. The molecule has 1 heterocycles. The van der Waals surface area contributed by atoms with Crippen LogP contribution in [-0.4, -0.2) is 14.1 Å². The quantitative estimate of drug-likeness (QED) is 0.650. The van der Waals surface area contributed by atoms with Gasteiger partial charge in [-0.15, -0.1) is 0 Å². The zero-order valence-electron chi connectivity index (χ0n) is 12.0. The Labute approximate surface area is 129 Å². The van der Waals surface area contributed by atoms with E-state index in [4.69, 9.17) is 16.0 Å². The van der Waals surface area contributed by atoms with Crippen molar-refractivity contribution < 1.29 is 4.42 Å². The molecule has 0 amide bonds. The molecule has 0 radical (unpaired) electrons. The van der Waals surface area contributed by atoms with E-state index in [9.17, 15) is 0 Å². The summed E-state index contributed by atoms with van der Waals surface area (Å²) in [6.07, 6.45) is 4.01. The topological polar surface area (TPSA) is 16.4 Å². The van der Waals surface area contributed by atoms with Crippen LogP contribution in [-0.2, 0) is 0 Å². The first-order chi connectivity index (χ1) is 10.1. The molecule has 0 N–H and O–H groups in total. The van der Waals surface area contributed by atoms with Crippen molar-refractivity contribution in [3.8, 4) is 0 Å². The van der Waals surface area contributed by atoms with Gasteiger partial charge in [0.1, 0.15) is 11.3 Å². The average molecular weight is 298 g/mol. The predicted molar refractivity (Wildman–Crippen MR) is 90.9 cm³/mol. The molecule has 0 bridgehead atoms. The molecule has 0 saturated heterocycles. The van der Waals surface area contributed by atoms with E-state index in [0.29, 0.717) is 0 Å². The normalized spacial score (nSPS) is 11.4. The summed E-state index contributed by atoms with van der Waals surface area (Å²) in [4.78, 5) is 2.08. The third-order valence-electron chi connectivity index (χ3n) is 3.35. The standard InChI is InChI=1S/C18H16ClNO/c1-20(2)16-7-3-13(4-8-16)5-9-17-12-14-11-15(19)6-10-18(14)21-17/h3-12H,1-2H3. The molecule has 0 atom stereocenters. The minimum Gasteiger partial charge on any atom is -0.457 e. The van der Waals surface area contributed by atoms with E-state index in [1.807, 2.05) is 50.5 Å². The molecule has 3 rings (SSSR count). The van der Waals surface area contributed by atoms with E-state index in [-0.39, 0.29) is 0 Å². The van der Waals surface area contributed by atoms with Gasteiger partial charge in [-0.1, -0.05) is 29.8 Å². The summed E-state index contributed by atoms with van der Waals surface area (Å²) >= 11 is 5.98. The number of anilines is 1. The molecule has 3 heteroatoms. The molecular formula is C18H16ClNO. The van der Waals surface area contributed by atoms with Crippen LogP contribution in [0.4, 0.5) is 5.69 Å². The highest BCUT2D eigenvalue weighted by atomic mass is 35.5. The lowest BCUT2D eigenvalue weighted by atomic mass is 10.2. The van der Waals surface area contributed by atoms with Crippen molar-refractivity contribution in [2.24, 2.45) is 0 Å². The summed E-state index contributed by atoms with van der Waals surface area (Å²) < 4.78 is 5.75.